The highest BCUT2D eigenvalue weighted by Crippen LogP contribution is 2.29. The van der Waals surface area contributed by atoms with Gasteiger partial charge in [-0.05, 0) is 31.9 Å². The van der Waals surface area contributed by atoms with Gasteiger partial charge in [0, 0.05) is 25.8 Å². The number of thiazole rings is 1. The minimum atomic E-state index is -0.140. The van der Waals surface area contributed by atoms with Crippen LogP contribution in [0.5, 0.6) is 0 Å². The quantitative estimate of drug-likeness (QED) is 0.510. The van der Waals surface area contributed by atoms with Crippen LogP contribution < -0.4 is 15.8 Å². The molecule has 1 amide bonds. The molecule has 4 rings (SSSR count). The third kappa shape index (κ3) is 3.90. The summed E-state index contributed by atoms with van der Waals surface area (Å²) in [7, 11) is 1.68. The molecule has 3 heterocycles. The van der Waals surface area contributed by atoms with E-state index in [9.17, 15) is 9.59 Å². The van der Waals surface area contributed by atoms with Crippen molar-refractivity contribution in [3.05, 3.63) is 40.2 Å². The molecular weight excluding hydrogens is 394 g/mol. The molecule has 1 N–H and O–H groups in total. The largest absolute Gasteiger partial charge is 0.348 e. The third-order valence-electron chi connectivity index (χ3n) is 4.63. The van der Waals surface area contributed by atoms with Gasteiger partial charge >= 0.3 is 0 Å². The summed E-state index contributed by atoms with van der Waals surface area (Å²) in [6.45, 7) is 3.94. The Kier molecular flexibility index (Phi) is 5.36. The van der Waals surface area contributed by atoms with Crippen LogP contribution >= 0.6 is 23.1 Å². The van der Waals surface area contributed by atoms with Crippen molar-refractivity contribution in [2.45, 2.75) is 24.9 Å². The molecular formula is C19H21N5O2S2. The second-order valence-electron chi connectivity index (χ2n) is 6.80. The fourth-order valence-corrected chi connectivity index (χ4v) is 4.85. The first-order valence-electron chi connectivity index (χ1n) is 9.13. The first kappa shape index (κ1) is 18.9. The van der Waals surface area contributed by atoms with Crippen molar-refractivity contribution in [3.8, 4) is 0 Å². The number of amides is 1. The predicted molar refractivity (Wildman–Crippen MR) is 115 cm³/mol. The van der Waals surface area contributed by atoms with Crippen LogP contribution in [0.15, 0.2) is 34.2 Å². The van der Waals surface area contributed by atoms with E-state index in [-0.39, 0.29) is 17.2 Å². The number of benzene rings is 1. The number of carbonyl (C=O) groups is 1. The number of carbonyl (C=O) groups excluding carboxylic acids is 1. The van der Waals surface area contributed by atoms with Gasteiger partial charge in [-0.15, -0.1) is 0 Å². The number of hydrogen-bond donors (Lipinski definition) is 1. The summed E-state index contributed by atoms with van der Waals surface area (Å²) in [6, 6.07) is 7.63. The van der Waals surface area contributed by atoms with Crippen LogP contribution in [0.25, 0.3) is 10.3 Å². The Hall–Kier alpha value is -2.39. The molecule has 2 aromatic heterocycles. The van der Waals surface area contributed by atoms with Crippen LogP contribution in [0.2, 0.25) is 0 Å². The summed E-state index contributed by atoms with van der Waals surface area (Å²) in [6.07, 6.45) is 2.30. The van der Waals surface area contributed by atoms with E-state index in [0.717, 1.165) is 42.3 Å². The molecule has 3 aromatic rings. The number of fused-ring (bicyclic) bond motifs is 1. The van der Waals surface area contributed by atoms with Gasteiger partial charge in [0.25, 0.3) is 5.56 Å². The molecule has 9 heteroatoms. The Bertz CT molecular complexity index is 1070. The van der Waals surface area contributed by atoms with E-state index in [1.807, 2.05) is 31.2 Å². The highest BCUT2D eigenvalue weighted by atomic mass is 32.2. The lowest BCUT2D eigenvalue weighted by atomic mass is 10.2. The molecule has 146 valence electrons. The molecule has 0 unspecified atom stereocenters. The SMILES string of the molecule is Cc1ccc(NC(=O)CSc2nc3nc(N4CCCC4)sc3c(=O)n2C)cc1. The standard InChI is InChI=1S/C19H21N5O2S2/c1-12-5-7-13(8-6-12)20-14(25)11-27-18-21-16-15(17(26)23(18)2)28-19(22-16)24-9-3-4-10-24/h5-8H,3-4,9-11H2,1-2H3,(H,20,25). The van der Waals surface area contributed by atoms with Gasteiger partial charge in [-0.25, -0.2) is 4.98 Å². The zero-order valence-corrected chi connectivity index (χ0v) is 17.4. The van der Waals surface area contributed by atoms with Crippen molar-refractivity contribution >= 4 is 50.2 Å². The fraction of sp³-hybridized carbons (Fsp3) is 0.368. The highest BCUT2D eigenvalue weighted by Gasteiger charge is 2.20. The number of nitrogens with one attached hydrogen (secondary N) is 1. The molecule has 1 aliphatic heterocycles. The van der Waals surface area contributed by atoms with E-state index < -0.39 is 0 Å². The van der Waals surface area contributed by atoms with Gasteiger partial charge in [0.05, 0.1) is 5.75 Å². The minimum Gasteiger partial charge on any atom is -0.348 e. The van der Waals surface area contributed by atoms with Crippen molar-refractivity contribution in [3.63, 3.8) is 0 Å². The van der Waals surface area contributed by atoms with Crippen LogP contribution in [0.1, 0.15) is 18.4 Å². The maximum absolute atomic E-state index is 12.7. The summed E-state index contributed by atoms with van der Waals surface area (Å²) in [5, 5.41) is 4.21. The van der Waals surface area contributed by atoms with Crippen molar-refractivity contribution in [1.82, 2.24) is 14.5 Å². The minimum absolute atomic E-state index is 0.116. The van der Waals surface area contributed by atoms with Crippen LogP contribution in [-0.2, 0) is 11.8 Å². The zero-order chi connectivity index (χ0) is 19.7. The van der Waals surface area contributed by atoms with Crippen molar-refractivity contribution in [1.29, 1.82) is 0 Å². The summed E-state index contributed by atoms with van der Waals surface area (Å²) in [4.78, 5) is 36.3. The lowest BCUT2D eigenvalue weighted by Crippen LogP contribution is -2.20. The number of anilines is 2. The summed E-state index contributed by atoms with van der Waals surface area (Å²) in [5.74, 6) is 0.0298. The number of thioether (sulfide) groups is 1. The first-order chi connectivity index (χ1) is 13.5. The molecule has 0 aliphatic carbocycles. The molecule has 28 heavy (non-hydrogen) atoms. The van der Waals surface area contributed by atoms with Gasteiger partial charge in [-0.3, -0.25) is 14.2 Å². The molecule has 1 saturated heterocycles. The van der Waals surface area contributed by atoms with Crippen molar-refractivity contribution in [2.75, 3.05) is 29.1 Å². The number of aromatic nitrogens is 3. The van der Waals surface area contributed by atoms with Crippen LogP contribution in [0.3, 0.4) is 0 Å². The smallest absolute Gasteiger partial charge is 0.273 e. The molecule has 1 fully saturated rings. The number of rotatable bonds is 5. The maximum atomic E-state index is 12.7. The number of aryl methyl sites for hydroxylation is 1. The predicted octanol–water partition coefficient (Wildman–Crippen LogP) is 3.03. The average molecular weight is 416 g/mol. The second-order valence-corrected chi connectivity index (χ2v) is 8.72. The Morgan fingerprint density at radius 1 is 1.21 bits per heavy atom. The molecule has 1 aromatic carbocycles. The molecule has 0 saturated carbocycles. The number of nitrogens with zero attached hydrogens (tertiary/aromatic N) is 4. The topological polar surface area (TPSA) is 80.1 Å². The lowest BCUT2D eigenvalue weighted by Gasteiger charge is -2.11. The van der Waals surface area contributed by atoms with Gasteiger partial charge in [-0.2, -0.15) is 4.98 Å². The third-order valence-corrected chi connectivity index (χ3v) is 6.75. The van der Waals surface area contributed by atoms with E-state index in [1.165, 1.54) is 27.7 Å². The molecule has 0 spiro atoms. The molecule has 7 nitrogen and oxygen atoms in total. The average Bonchev–Trinajstić information content (AvgIpc) is 3.35. The zero-order valence-electron chi connectivity index (χ0n) is 15.8. The van der Waals surface area contributed by atoms with Gasteiger partial charge < -0.3 is 10.2 Å². The van der Waals surface area contributed by atoms with E-state index in [2.05, 4.69) is 20.2 Å². The van der Waals surface area contributed by atoms with Crippen molar-refractivity contribution in [2.24, 2.45) is 7.05 Å². The van der Waals surface area contributed by atoms with Crippen LogP contribution in [0.4, 0.5) is 10.8 Å². The Labute approximate surface area is 170 Å². The van der Waals surface area contributed by atoms with Crippen molar-refractivity contribution < 1.29 is 4.79 Å². The second kappa shape index (κ2) is 7.92. The Morgan fingerprint density at radius 3 is 2.64 bits per heavy atom. The first-order valence-corrected chi connectivity index (χ1v) is 10.9. The van der Waals surface area contributed by atoms with Crippen LogP contribution in [-0.4, -0.2) is 39.3 Å². The normalized spacial score (nSPS) is 14.0. The van der Waals surface area contributed by atoms with Crippen LogP contribution in [0, 0.1) is 6.92 Å². The molecule has 0 bridgehead atoms. The monoisotopic (exact) mass is 415 g/mol. The Morgan fingerprint density at radius 2 is 1.93 bits per heavy atom. The molecule has 1 aliphatic rings. The van der Waals surface area contributed by atoms with E-state index >= 15 is 0 Å². The summed E-state index contributed by atoms with van der Waals surface area (Å²) >= 11 is 2.64. The lowest BCUT2D eigenvalue weighted by molar-refractivity contribution is -0.113. The van der Waals surface area contributed by atoms with E-state index in [4.69, 9.17) is 0 Å². The molecule has 0 atom stereocenters. The Balaban J connectivity index is 1.50. The fourth-order valence-electron chi connectivity index (χ4n) is 3.06. The maximum Gasteiger partial charge on any atom is 0.273 e. The summed E-state index contributed by atoms with van der Waals surface area (Å²) in [5.41, 5.74) is 2.24. The summed E-state index contributed by atoms with van der Waals surface area (Å²) < 4.78 is 2.07. The van der Waals surface area contributed by atoms with Gasteiger partial charge in [0.2, 0.25) is 5.91 Å². The number of hydrogen-bond acceptors (Lipinski definition) is 7. The molecule has 0 radical (unpaired) electrons. The van der Waals surface area contributed by atoms with Gasteiger partial charge in [0.15, 0.2) is 15.9 Å². The highest BCUT2D eigenvalue weighted by molar-refractivity contribution is 7.99. The van der Waals surface area contributed by atoms with E-state index in [1.54, 1.807) is 7.05 Å². The van der Waals surface area contributed by atoms with E-state index in [0.29, 0.717) is 15.5 Å². The van der Waals surface area contributed by atoms with Gasteiger partial charge in [0.1, 0.15) is 4.70 Å². The van der Waals surface area contributed by atoms with Gasteiger partial charge in [-0.1, -0.05) is 40.8 Å².